The van der Waals surface area contributed by atoms with Crippen molar-refractivity contribution in [3.63, 3.8) is 0 Å². The predicted octanol–water partition coefficient (Wildman–Crippen LogP) is -2.27. The van der Waals surface area contributed by atoms with Crippen molar-refractivity contribution < 1.29 is 40.1 Å². The molecule has 0 heterocycles. The third-order valence-corrected chi connectivity index (χ3v) is 3.09. The van der Waals surface area contributed by atoms with Crippen molar-refractivity contribution in [3.8, 4) is 0 Å². The number of hydrogen-bond donors (Lipinski definition) is 4. The molecule has 1 unspecified atom stereocenters. The zero-order valence-electron chi connectivity index (χ0n) is 13.5. The largest absolute Gasteiger partial charge is 0.550 e. The summed E-state index contributed by atoms with van der Waals surface area (Å²) in [5.41, 5.74) is -0.566. The average Bonchev–Trinajstić information content (AvgIpc) is 2.29. The average molecular weight is 321 g/mol. The Kier molecular flexibility index (Phi) is 8.54. The highest BCUT2D eigenvalue weighted by molar-refractivity contribution is 5.60. The van der Waals surface area contributed by atoms with Crippen LogP contribution in [0.15, 0.2) is 0 Å². The van der Waals surface area contributed by atoms with Crippen LogP contribution in [0, 0.1) is 5.92 Å². The smallest absolute Gasteiger partial charge is 0.513 e. The normalized spacial score (nSPS) is 28.3. The number of amides is 1. The van der Waals surface area contributed by atoms with Gasteiger partial charge in [0.15, 0.2) is 0 Å². The van der Waals surface area contributed by atoms with Crippen LogP contribution >= 0.6 is 0 Å². The number of carboxylic acids is 1. The standard InChI is InChI=1S/C12H23NO5.C2H4O2/c1-12(2,3)18-11(17)13-8-4-7(6-14)9(15)5-10(8)16;1-2(3)4/h7-10,14-16H,4-6H2,1-3H3,(H,13,17);1H3,(H,3,4)/t7-,8-,9?,10+;/m1./s1. The van der Waals surface area contributed by atoms with Crippen molar-refractivity contribution in [1.29, 1.82) is 0 Å². The Balaban J connectivity index is 0.000000980. The SMILES string of the molecule is CC(=O)[O-].CC(C)(C)OC(=O)[NH2+][C@@H]1C[C@H](CO)C(O)C[C@@H]1O. The van der Waals surface area contributed by atoms with E-state index in [0.29, 0.717) is 6.42 Å². The van der Waals surface area contributed by atoms with Crippen molar-refractivity contribution in [3.05, 3.63) is 0 Å². The zero-order chi connectivity index (χ0) is 17.5. The van der Waals surface area contributed by atoms with Crippen LogP contribution in [0.4, 0.5) is 4.79 Å². The number of quaternary nitrogens is 1. The lowest BCUT2D eigenvalue weighted by Gasteiger charge is -2.33. The van der Waals surface area contributed by atoms with Gasteiger partial charge in [0, 0.05) is 31.3 Å². The molecular formula is C14H27NO7. The minimum Gasteiger partial charge on any atom is -0.550 e. The van der Waals surface area contributed by atoms with Gasteiger partial charge in [-0.2, -0.15) is 4.79 Å². The highest BCUT2D eigenvalue weighted by Crippen LogP contribution is 2.23. The Morgan fingerprint density at radius 1 is 1.23 bits per heavy atom. The molecule has 1 aliphatic rings. The molecule has 130 valence electrons. The third-order valence-electron chi connectivity index (χ3n) is 3.09. The van der Waals surface area contributed by atoms with E-state index in [4.69, 9.17) is 19.7 Å². The lowest BCUT2D eigenvalue weighted by atomic mass is 9.82. The molecule has 0 saturated heterocycles. The zero-order valence-corrected chi connectivity index (χ0v) is 13.5. The van der Waals surface area contributed by atoms with E-state index in [0.717, 1.165) is 6.92 Å². The van der Waals surface area contributed by atoms with Crippen LogP contribution in [-0.4, -0.2) is 57.8 Å². The molecule has 0 radical (unpaired) electrons. The van der Waals surface area contributed by atoms with Gasteiger partial charge < -0.3 is 30.0 Å². The quantitative estimate of drug-likeness (QED) is 0.449. The number of carbonyl (C=O) groups is 2. The van der Waals surface area contributed by atoms with E-state index < -0.39 is 29.9 Å². The number of aliphatic carboxylic acids is 1. The van der Waals surface area contributed by atoms with Crippen LogP contribution in [0.3, 0.4) is 0 Å². The van der Waals surface area contributed by atoms with E-state index in [1.165, 1.54) is 5.32 Å². The molecule has 0 spiro atoms. The summed E-state index contributed by atoms with van der Waals surface area (Å²) in [5.74, 6) is -1.38. The van der Waals surface area contributed by atoms with Crippen LogP contribution in [0.5, 0.6) is 0 Å². The summed E-state index contributed by atoms with van der Waals surface area (Å²) < 4.78 is 5.15. The van der Waals surface area contributed by atoms with Crippen LogP contribution in [0.1, 0.15) is 40.5 Å². The topological polar surface area (TPSA) is 144 Å². The number of primary amides is 1. The van der Waals surface area contributed by atoms with Gasteiger partial charge in [-0.3, -0.25) is 0 Å². The summed E-state index contributed by atoms with van der Waals surface area (Å²) in [7, 11) is 0. The molecule has 0 aromatic rings. The second-order valence-electron chi connectivity index (χ2n) is 6.40. The van der Waals surface area contributed by atoms with Gasteiger partial charge in [-0.05, 0) is 27.7 Å². The fraction of sp³-hybridized carbons (Fsp3) is 0.857. The van der Waals surface area contributed by atoms with Gasteiger partial charge in [-0.1, -0.05) is 0 Å². The number of carbonyl (C=O) groups excluding carboxylic acids is 2. The fourth-order valence-corrected chi connectivity index (χ4v) is 2.16. The number of aliphatic hydroxyl groups excluding tert-OH is 3. The summed E-state index contributed by atoms with van der Waals surface area (Å²) in [6.07, 6.45) is -1.39. The first-order valence-electron chi connectivity index (χ1n) is 7.18. The molecule has 0 aromatic heterocycles. The van der Waals surface area contributed by atoms with Crippen LogP contribution in [0.25, 0.3) is 0 Å². The van der Waals surface area contributed by atoms with Crippen LogP contribution in [0.2, 0.25) is 0 Å². The van der Waals surface area contributed by atoms with Crippen molar-refractivity contribution in [2.24, 2.45) is 5.92 Å². The summed E-state index contributed by atoms with van der Waals surface area (Å²) in [6.45, 7) is 6.15. The summed E-state index contributed by atoms with van der Waals surface area (Å²) in [5, 5.41) is 38.8. The first kappa shape index (κ1) is 20.8. The summed E-state index contributed by atoms with van der Waals surface area (Å²) in [4.78, 5) is 20.5. The maximum absolute atomic E-state index is 11.6. The molecular weight excluding hydrogens is 294 g/mol. The summed E-state index contributed by atoms with van der Waals surface area (Å²) >= 11 is 0. The van der Waals surface area contributed by atoms with Gasteiger partial charge in [-0.15, -0.1) is 0 Å². The Hall–Kier alpha value is -1.22. The monoisotopic (exact) mass is 321 g/mol. The number of carboxylic acid groups (broad SMARTS) is 1. The minimum atomic E-state index is -1.08. The molecule has 22 heavy (non-hydrogen) atoms. The molecule has 0 aromatic carbocycles. The lowest BCUT2D eigenvalue weighted by Crippen LogP contribution is -2.96. The van der Waals surface area contributed by atoms with Crippen molar-refractivity contribution in [1.82, 2.24) is 0 Å². The Bertz CT molecular complexity index is 363. The number of hydrogen-bond acceptors (Lipinski definition) is 7. The number of nitrogens with two attached hydrogens (primary N) is 1. The molecule has 0 bridgehead atoms. The van der Waals surface area contributed by atoms with Crippen LogP contribution in [-0.2, 0) is 9.53 Å². The van der Waals surface area contributed by atoms with Crippen LogP contribution < -0.4 is 10.4 Å². The molecule has 0 aliphatic heterocycles. The molecule has 1 saturated carbocycles. The predicted molar refractivity (Wildman–Crippen MR) is 74.5 cm³/mol. The van der Waals surface area contributed by atoms with Crippen molar-refractivity contribution in [2.75, 3.05) is 6.61 Å². The number of rotatable bonds is 2. The maximum atomic E-state index is 11.6. The molecule has 4 atom stereocenters. The third kappa shape index (κ3) is 8.93. The molecule has 1 rings (SSSR count). The Labute approximate surface area is 130 Å². The maximum Gasteiger partial charge on any atom is 0.513 e. The first-order chi connectivity index (χ1) is 9.96. The van der Waals surface area contributed by atoms with Crippen molar-refractivity contribution in [2.45, 2.75) is 64.4 Å². The second-order valence-corrected chi connectivity index (χ2v) is 6.40. The molecule has 1 aliphatic carbocycles. The molecule has 5 N–H and O–H groups in total. The van der Waals surface area contributed by atoms with Gasteiger partial charge in [-0.25, -0.2) is 5.32 Å². The minimum absolute atomic E-state index is 0.146. The van der Waals surface area contributed by atoms with E-state index in [9.17, 15) is 15.0 Å². The Morgan fingerprint density at radius 2 is 1.73 bits per heavy atom. The lowest BCUT2D eigenvalue weighted by molar-refractivity contribution is -0.624. The second kappa shape index (κ2) is 9.04. The highest BCUT2D eigenvalue weighted by Gasteiger charge is 2.39. The molecule has 1 amide bonds. The first-order valence-corrected chi connectivity index (χ1v) is 7.18. The van der Waals surface area contributed by atoms with E-state index in [1.807, 2.05) is 0 Å². The number of aliphatic hydroxyl groups is 3. The van der Waals surface area contributed by atoms with E-state index in [2.05, 4.69) is 0 Å². The van der Waals surface area contributed by atoms with Gasteiger partial charge in [0.1, 0.15) is 17.7 Å². The summed E-state index contributed by atoms with van der Waals surface area (Å²) in [6, 6.07) is -0.375. The molecule has 8 nitrogen and oxygen atoms in total. The van der Waals surface area contributed by atoms with E-state index in [-0.39, 0.29) is 25.0 Å². The van der Waals surface area contributed by atoms with E-state index in [1.54, 1.807) is 20.8 Å². The molecule has 8 heteroatoms. The Morgan fingerprint density at radius 3 is 2.14 bits per heavy atom. The van der Waals surface area contributed by atoms with Gasteiger partial charge >= 0.3 is 6.09 Å². The number of ether oxygens (including phenoxy) is 1. The van der Waals surface area contributed by atoms with Gasteiger partial charge in [0.05, 0.1) is 6.10 Å². The van der Waals surface area contributed by atoms with Gasteiger partial charge in [0.25, 0.3) is 0 Å². The van der Waals surface area contributed by atoms with E-state index >= 15 is 0 Å². The highest BCUT2D eigenvalue weighted by atomic mass is 16.6. The fourth-order valence-electron chi connectivity index (χ4n) is 2.16. The molecule has 1 fully saturated rings. The van der Waals surface area contributed by atoms with Crippen molar-refractivity contribution >= 4 is 12.1 Å². The van der Waals surface area contributed by atoms with Gasteiger partial charge in [0.2, 0.25) is 0 Å².